The quantitative estimate of drug-likeness (QED) is 0.647. The molecule has 2 rings (SSSR count). The monoisotopic (exact) mass is 356 g/mol. The summed E-state index contributed by atoms with van der Waals surface area (Å²) in [7, 11) is 0. The molecule has 1 aromatic carbocycles. The van der Waals surface area contributed by atoms with Gasteiger partial charge in [0, 0.05) is 24.5 Å². The van der Waals surface area contributed by atoms with Gasteiger partial charge in [-0.25, -0.2) is 0 Å². The molecular formula is C15H18F2N4O4. The molecule has 4 N–H and O–H groups in total. The van der Waals surface area contributed by atoms with E-state index in [0.29, 0.717) is 24.5 Å². The number of halogens is 2. The molecule has 0 radical (unpaired) electrons. The number of morpholine rings is 1. The maximum absolute atomic E-state index is 12.2. The summed E-state index contributed by atoms with van der Waals surface area (Å²) >= 11 is 0. The van der Waals surface area contributed by atoms with Crippen molar-refractivity contribution in [3.05, 3.63) is 24.3 Å². The number of hydrogen-bond donors (Lipinski definition) is 3. The minimum absolute atomic E-state index is 0.0144. The second-order valence-corrected chi connectivity index (χ2v) is 5.23. The van der Waals surface area contributed by atoms with E-state index in [4.69, 9.17) is 10.5 Å². The number of alkyl halides is 2. The number of anilines is 2. The van der Waals surface area contributed by atoms with Crippen molar-refractivity contribution in [2.45, 2.75) is 12.5 Å². The predicted octanol–water partition coefficient (Wildman–Crippen LogP) is -0.303. The lowest BCUT2D eigenvalue weighted by Gasteiger charge is -2.27. The van der Waals surface area contributed by atoms with Crippen LogP contribution in [0.3, 0.4) is 0 Å². The van der Waals surface area contributed by atoms with Crippen LogP contribution in [0.2, 0.25) is 0 Å². The van der Waals surface area contributed by atoms with Gasteiger partial charge in [-0.3, -0.25) is 14.4 Å². The fourth-order valence-corrected chi connectivity index (χ4v) is 2.21. The van der Waals surface area contributed by atoms with Crippen molar-refractivity contribution in [3.8, 4) is 0 Å². The van der Waals surface area contributed by atoms with Gasteiger partial charge in [0.15, 0.2) is 0 Å². The summed E-state index contributed by atoms with van der Waals surface area (Å²) in [6.45, 7) is 0.552. The highest BCUT2D eigenvalue weighted by Gasteiger charge is 2.24. The molecule has 8 nitrogen and oxygen atoms in total. The number of carbonyl (C=O) groups excluding carboxylic acids is 3. The lowest BCUT2D eigenvalue weighted by molar-refractivity contribution is -0.134. The third-order valence-corrected chi connectivity index (χ3v) is 3.50. The van der Waals surface area contributed by atoms with Crippen molar-refractivity contribution < 1.29 is 27.9 Å². The molecule has 1 saturated heterocycles. The molecule has 1 atom stereocenters. The average molecular weight is 356 g/mol. The zero-order valence-electron chi connectivity index (χ0n) is 13.2. The maximum atomic E-state index is 12.2. The Morgan fingerprint density at radius 1 is 1.24 bits per heavy atom. The molecule has 1 fully saturated rings. The molecule has 0 unspecified atom stereocenters. The highest BCUT2D eigenvalue weighted by molar-refractivity contribution is 5.98. The van der Waals surface area contributed by atoms with Crippen LogP contribution in [0.4, 0.5) is 20.2 Å². The Morgan fingerprint density at radius 2 is 1.92 bits per heavy atom. The molecule has 1 aliphatic rings. The van der Waals surface area contributed by atoms with E-state index in [-0.39, 0.29) is 19.1 Å². The van der Waals surface area contributed by atoms with Crippen molar-refractivity contribution in [2.75, 3.05) is 36.5 Å². The lowest BCUT2D eigenvalue weighted by atomic mass is 10.2. The molecule has 0 bridgehead atoms. The number of hydrogen-bond acceptors (Lipinski definition) is 5. The van der Waals surface area contributed by atoms with Crippen LogP contribution in [0.25, 0.3) is 0 Å². The molecule has 3 amide bonds. The number of benzene rings is 1. The van der Waals surface area contributed by atoms with Crippen molar-refractivity contribution >= 4 is 29.1 Å². The second kappa shape index (κ2) is 8.49. The van der Waals surface area contributed by atoms with E-state index in [2.05, 4.69) is 5.32 Å². The predicted molar refractivity (Wildman–Crippen MR) is 85.2 cm³/mol. The number of nitrogens with zero attached hydrogens (tertiary/aromatic N) is 1. The molecule has 136 valence electrons. The Hall–Kier alpha value is -2.59. The minimum Gasteiger partial charge on any atom is -0.370 e. The van der Waals surface area contributed by atoms with E-state index in [9.17, 15) is 23.2 Å². The summed E-state index contributed by atoms with van der Waals surface area (Å²) in [5, 5.41) is 4.33. The molecule has 0 saturated carbocycles. The summed E-state index contributed by atoms with van der Waals surface area (Å²) in [4.78, 5) is 36.3. The standard InChI is InChI=1S/C15H18F2N4O4/c16-13(17)15(24)20-11(7-18)14(23)19-9-1-3-10(4-2-9)21-5-6-25-8-12(21)22/h1-4,11,13H,5-8,18H2,(H,19,23)(H,20,24)/t11-/m1/s1. The van der Waals surface area contributed by atoms with E-state index >= 15 is 0 Å². The van der Waals surface area contributed by atoms with Crippen LogP contribution in [0, 0.1) is 0 Å². The van der Waals surface area contributed by atoms with Crippen LogP contribution in [0.5, 0.6) is 0 Å². The number of rotatable bonds is 6. The van der Waals surface area contributed by atoms with Crippen LogP contribution in [0.15, 0.2) is 24.3 Å². The number of ether oxygens (including phenoxy) is 1. The van der Waals surface area contributed by atoms with E-state index in [1.165, 1.54) is 0 Å². The van der Waals surface area contributed by atoms with Gasteiger partial charge in [-0.1, -0.05) is 0 Å². The first-order valence-electron chi connectivity index (χ1n) is 7.50. The Morgan fingerprint density at radius 3 is 2.48 bits per heavy atom. The van der Waals surface area contributed by atoms with Gasteiger partial charge in [-0.05, 0) is 24.3 Å². The molecule has 0 aromatic heterocycles. The molecular weight excluding hydrogens is 338 g/mol. The van der Waals surface area contributed by atoms with Crippen LogP contribution < -0.4 is 21.3 Å². The van der Waals surface area contributed by atoms with Gasteiger partial charge >= 0.3 is 6.43 Å². The number of nitrogens with two attached hydrogens (primary N) is 1. The Kier molecular flexibility index (Phi) is 6.37. The zero-order chi connectivity index (χ0) is 18.4. The second-order valence-electron chi connectivity index (χ2n) is 5.23. The largest absolute Gasteiger partial charge is 0.370 e. The SMILES string of the molecule is NC[C@@H](NC(=O)C(F)F)C(=O)Nc1ccc(N2CCOCC2=O)cc1. The van der Waals surface area contributed by atoms with Gasteiger partial charge in [0.1, 0.15) is 12.6 Å². The van der Waals surface area contributed by atoms with Crippen LogP contribution in [0.1, 0.15) is 0 Å². The Balaban J connectivity index is 1.98. The number of nitrogens with one attached hydrogen (secondary N) is 2. The topological polar surface area (TPSA) is 114 Å². The fraction of sp³-hybridized carbons (Fsp3) is 0.400. The summed E-state index contributed by atoms with van der Waals surface area (Å²) in [6.07, 6.45) is -3.23. The third-order valence-electron chi connectivity index (χ3n) is 3.50. The van der Waals surface area contributed by atoms with E-state index < -0.39 is 24.3 Å². The minimum atomic E-state index is -3.23. The normalized spacial score (nSPS) is 15.8. The highest BCUT2D eigenvalue weighted by atomic mass is 19.3. The van der Waals surface area contributed by atoms with Crippen molar-refractivity contribution in [3.63, 3.8) is 0 Å². The van der Waals surface area contributed by atoms with E-state index in [1.807, 2.05) is 5.32 Å². The Bertz CT molecular complexity index is 639. The third kappa shape index (κ3) is 4.94. The summed E-state index contributed by atoms with van der Waals surface area (Å²) in [5.74, 6) is -2.44. The van der Waals surface area contributed by atoms with E-state index in [1.54, 1.807) is 29.2 Å². The van der Waals surface area contributed by atoms with Gasteiger partial charge in [-0.15, -0.1) is 0 Å². The summed E-state index contributed by atoms with van der Waals surface area (Å²) in [6, 6.07) is 5.10. The lowest BCUT2D eigenvalue weighted by Crippen LogP contribution is -2.50. The van der Waals surface area contributed by atoms with Gasteiger partial charge in [-0.2, -0.15) is 8.78 Å². The first-order chi connectivity index (χ1) is 11.9. The molecule has 0 aliphatic carbocycles. The summed E-state index contributed by atoms with van der Waals surface area (Å²) < 4.78 is 29.5. The van der Waals surface area contributed by atoms with Gasteiger partial charge < -0.3 is 26.0 Å². The molecule has 1 aliphatic heterocycles. The van der Waals surface area contributed by atoms with Gasteiger partial charge in [0.25, 0.3) is 11.8 Å². The number of amides is 3. The Labute approximate surface area is 142 Å². The zero-order valence-corrected chi connectivity index (χ0v) is 13.2. The van der Waals surface area contributed by atoms with E-state index in [0.717, 1.165) is 0 Å². The van der Waals surface area contributed by atoms with Gasteiger partial charge in [0.05, 0.1) is 6.61 Å². The molecule has 25 heavy (non-hydrogen) atoms. The fourth-order valence-electron chi connectivity index (χ4n) is 2.21. The highest BCUT2D eigenvalue weighted by Crippen LogP contribution is 2.19. The smallest absolute Gasteiger partial charge is 0.315 e. The van der Waals surface area contributed by atoms with Crippen molar-refractivity contribution in [2.24, 2.45) is 5.73 Å². The van der Waals surface area contributed by atoms with Crippen molar-refractivity contribution in [1.82, 2.24) is 5.32 Å². The van der Waals surface area contributed by atoms with Crippen molar-refractivity contribution in [1.29, 1.82) is 0 Å². The molecule has 1 aromatic rings. The average Bonchev–Trinajstić information content (AvgIpc) is 2.60. The molecule has 10 heteroatoms. The van der Waals surface area contributed by atoms with Crippen LogP contribution in [-0.4, -0.2) is 56.5 Å². The van der Waals surface area contributed by atoms with Crippen LogP contribution >= 0.6 is 0 Å². The van der Waals surface area contributed by atoms with Crippen LogP contribution in [-0.2, 0) is 19.1 Å². The molecule has 1 heterocycles. The summed E-state index contributed by atoms with van der Waals surface area (Å²) in [5.41, 5.74) is 6.36. The first kappa shape index (κ1) is 18.7. The maximum Gasteiger partial charge on any atom is 0.315 e. The first-order valence-corrected chi connectivity index (χ1v) is 7.50. The number of carbonyl (C=O) groups is 3. The molecule has 0 spiro atoms. The van der Waals surface area contributed by atoms with Gasteiger partial charge in [0.2, 0.25) is 5.91 Å².